The molecule has 2 fully saturated rings. The van der Waals surface area contributed by atoms with Crippen LogP contribution in [0.5, 0.6) is 0 Å². The van der Waals surface area contributed by atoms with Crippen molar-refractivity contribution in [3.05, 3.63) is 0 Å². The summed E-state index contributed by atoms with van der Waals surface area (Å²) in [5.74, 6) is 1.01. The van der Waals surface area contributed by atoms with Gasteiger partial charge in [0.25, 0.3) is 0 Å². The second kappa shape index (κ2) is 6.75. The summed E-state index contributed by atoms with van der Waals surface area (Å²) in [7, 11) is 0. The molecule has 2 unspecified atom stereocenters. The summed E-state index contributed by atoms with van der Waals surface area (Å²) in [6, 6.07) is 0.692. The molecular formula is C15H29NO. The average molecular weight is 239 g/mol. The van der Waals surface area contributed by atoms with E-state index >= 15 is 0 Å². The molecule has 2 rings (SSSR count). The van der Waals surface area contributed by atoms with Gasteiger partial charge in [0.2, 0.25) is 0 Å². The highest BCUT2D eigenvalue weighted by atomic mass is 16.5. The van der Waals surface area contributed by atoms with E-state index in [9.17, 15) is 0 Å². The molecule has 2 nitrogen and oxygen atoms in total. The van der Waals surface area contributed by atoms with Gasteiger partial charge in [-0.15, -0.1) is 0 Å². The average Bonchev–Trinajstić information content (AvgIpc) is 2.29. The fourth-order valence-electron chi connectivity index (χ4n) is 3.54. The van der Waals surface area contributed by atoms with Crippen molar-refractivity contribution in [2.24, 2.45) is 5.92 Å². The lowest BCUT2D eigenvalue weighted by molar-refractivity contribution is -0.0421. The molecule has 2 aliphatic rings. The minimum atomic E-state index is 0.436. The number of hydrogen-bond acceptors (Lipinski definition) is 2. The molecule has 0 bridgehead atoms. The third-order valence-electron chi connectivity index (χ3n) is 4.41. The highest BCUT2D eigenvalue weighted by Crippen LogP contribution is 2.26. The van der Waals surface area contributed by atoms with E-state index in [-0.39, 0.29) is 0 Å². The third-order valence-corrected chi connectivity index (χ3v) is 4.41. The lowest BCUT2D eigenvalue weighted by atomic mass is 9.87. The van der Waals surface area contributed by atoms with Crippen LogP contribution in [-0.2, 0) is 4.74 Å². The molecule has 17 heavy (non-hydrogen) atoms. The summed E-state index contributed by atoms with van der Waals surface area (Å²) in [5, 5.41) is 3.75. The Morgan fingerprint density at radius 2 is 1.65 bits per heavy atom. The largest absolute Gasteiger partial charge is 0.375 e. The van der Waals surface area contributed by atoms with E-state index in [0.29, 0.717) is 18.2 Å². The van der Waals surface area contributed by atoms with Crippen LogP contribution in [0.15, 0.2) is 0 Å². The van der Waals surface area contributed by atoms with Gasteiger partial charge in [-0.05, 0) is 45.6 Å². The molecule has 0 amide bonds. The Labute approximate surface area is 107 Å². The van der Waals surface area contributed by atoms with Gasteiger partial charge >= 0.3 is 0 Å². The van der Waals surface area contributed by atoms with E-state index in [1.54, 1.807) is 0 Å². The van der Waals surface area contributed by atoms with Gasteiger partial charge in [0.05, 0.1) is 12.2 Å². The zero-order valence-corrected chi connectivity index (χ0v) is 11.6. The normalized spacial score (nSPS) is 36.0. The maximum absolute atomic E-state index is 5.77. The van der Waals surface area contributed by atoms with E-state index in [1.165, 1.54) is 57.9 Å². The van der Waals surface area contributed by atoms with Crippen molar-refractivity contribution in [1.29, 1.82) is 0 Å². The number of nitrogens with one attached hydrogen (secondary N) is 1. The van der Waals surface area contributed by atoms with Crippen LogP contribution in [0.3, 0.4) is 0 Å². The molecule has 0 aromatic heterocycles. The van der Waals surface area contributed by atoms with E-state index in [2.05, 4.69) is 19.2 Å². The Hall–Kier alpha value is -0.0800. The summed E-state index contributed by atoms with van der Waals surface area (Å²) in [5.41, 5.74) is 0. The van der Waals surface area contributed by atoms with Crippen LogP contribution in [-0.4, -0.2) is 24.8 Å². The lowest BCUT2D eigenvalue weighted by Crippen LogP contribution is -2.41. The van der Waals surface area contributed by atoms with E-state index in [0.717, 1.165) is 5.92 Å². The van der Waals surface area contributed by atoms with Gasteiger partial charge in [0.1, 0.15) is 0 Å². The summed E-state index contributed by atoms with van der Waals surface area (Å²) < 4.78 is 5.77. The molecule has 1 aliphatic carbocycles. The molecule has 2 heteroatoms. The van der Waals surface area contributed by atoms with Gasteiger partial charge in [-0.3, -0.25) is 0 Å². The van der Waals surface area contributed by atoms with Crippen molar-refractivity contribution in [3.8, 4) is 0 Å². The molecule has 1 N–H and O–H groups in total. The standard InChI is InChI=1S/C15H29NO/c1-12-10-15(11-13(2)17-12)16-9-8-14-6-4-3-5-7-14/h12-16H,3-11H2,1-2H3. The molecule has 1 saturated carbocycles. The predicted octanol–water partition coefficient (Wildman–Crippen LogP) is 3.50. The Morgan fingerprint density at radius 3 is 2.29 bits per heavy atom. The molecule has 1 aliphatic heterocycles. The molecule has 1 saturated heterocycles. The molecule has 0 aromatic rings. The molecule has 0 spiro atoms. The highest BCUT2D eigenvalue weighted by Gasteiger charge is 2.24. The van der Waals surface area contributed by atoms with Gasteiger partial charge in [-0.1, -0.05) is 32.1 Å². The molecule has 0 aromatic carbocycles. The number of hydrogen-bond donors (Lipinski definition) is 1. The van der Waals surface area contributed by atoms with Gasteiger partial charge < -0.3 is 10.1 Å². The first-order valence-corrected chi connectivity index (χ1v) is 7.63. The monoisotopic (exact) mass is 239 g/mol. The molecule has 100 valence electrons. The maximum atomic E-state index is 5.77. The Balaban J connectivity index is 1.60. The van der Waals surface area contributed by atoms with Crippen LogP contribution in [0.1, 0.15) is 65.2 Å². The second-order valence-electron chi connectivity index (χ2n) is 6.17. The van der Waals surface area contributed by atoms with Crippen LogP contribution in [0.25, 0.3) is 0 Å². The third kappa shape index (κ3) is 4.59. The van der Waals surface area contributed by atoms with Crippen molar-refractivity contribution in [1.82, 2.24) is 5.32 Å². The maximum Gasteiger partial charge on any atom is 0.0565 e. The van der Waals surface area contributed by atoms with E-state index in [4.69, 9.17) is 4.74 Å². The fourth-order valence-corrected chi connectivity index (χ4v) is 3.54. The Kier molecular flexibility index (Phi) is 5.30. The van der Waals surface area contributed by atoms with Crippen molar-refractivity contribution in [3.63, 3.8) is 0 Å². The highest BCUT2D eigenvalue weighted by molar-refractivity contribution is 4.79. The Bertz CT molecular complexity index is 203. The minimum Gasteiger partial charge on any atom is -0.375 e. The van der Waals surface area contributed by atoms with E-state index in [1.807, 2.05) is 0 Å². The summed E-state index contributed by atoms with van der Waals surface area (Å²) >= 11 is 0. The van der Waals surface area contributed by atoms with Gasteiger partial charge in [0, 0.05) is 6.04 Å². The van der Waals surface area contributed by atoms with Gasteiger partial charge in [-0.2, -0.15) is 0 Å². The van der Waals surface area contributed by atoms with Crippen molar-refractivity contribution in [2.45, 2.75) is 83.5 Å². The number of ether oxygens (including phenoxy) is 1. The molecule has 0 radical (unpaired) electrons. The quantitative estimate of drug-likeness (QED) is 0.810. The zero-order valence-electron chi connectivity index (χ0n) is 11.6. The predicted molar refractivity (Wildman–Crippen MR) is 72.2 cm³/mol. The molecule has 2 atom stereocenters. The lowest BCUT2D eigenvalue weighted by Gasteiger charge is -2.33. The SMILES string of the molecule is CC1CC(NCCC2CCCCC2)CC(C)O1. The van der Waals surface area contributed by atoms with Crippen LogP contribution in [0.2, 0.25) is 0 Å². The molecular weight excluding hydrogens is 210 g/mol. The van der Waals surface area contributed by atoms with Crippen molar-refractivity contribution >= 4 is 0 Å². The van der Waals surface area contributed by atoms with E-state index < -0.39 is 0 Å². The Morgan fingerprint density at radius 1 is 1.00 bits per heavy atom. The van der Waals surface area contributed by atoms with Crippen LogP contribution >= 0.6 is 0 Å². The summed E-state index contributed by atoms with van der Waals surface area (Å²) in [6.45, 7) is 5.62. The van der Waals surface area contributed by atoms with Crippen LogP contribution in [0.4, 0.5) is 0 Å². The van der Waals surface area contributed by atoms with Gasteiger partial charge in [0.15, 0.2) is 0 Å². The van der Waals surface area contributed by atoms with Crippen molar-refractivity contribution < 1.29 is 4.74 Å². The topological polar surface area (TPSA) is 21.3 Å². The van der Waals surface area contributed by atoms with Crippen LogP contribution < -0.4 is 5.32 Å². The van der Waals surface area contributed by atoms with Crippen molar-refractivity contribution in [2.75, 3.05) is 6.54 Å². The first-order chi connectivity index (χ1) is 8.24. The smallest absolute Gasteiger partial charge is 0.0565 e. The second-order valence-corrected chi connectivity index (χ2v) is 6.17. The van der Waals surface area contributed by atoms with Crippen LogP contribution in [0, 0.1) is 5.92 Å². The summed E-state index contributed by atoms with van der Waals surface area (Å²) in [6.07, 6.45) is 12.0. The first-order valence-electron chi connectivity index (χ1n) is 7.63. The van der Waals surface area contributed by atoms with Gasteiger partial charge in [-0.25, -0.2) is 0 Å². The number of rotatable bonds is 4. The zero-order chi connectivity index (χ0) is 12.1. The first kappa shape index (κ1) is 13.4. The fraction of sp³-hybridized carbons (Fsp3) is 1.00. The molecule has 1 heterocycles. The minimum absolute atomic E-state index is 0.436. The summed E-state index contributed by atoms with van der Waals surface area (Å²) in [4.78, 5) is 0.